The Labute approximate surface area is 132 Å². The van der Waals surface area contributed by atoms with E-state index in [0.717, 1.165) is 24.8 Å². The van der Waals surface area contributed by atoms with Crippen LogP contribution < -0.4 is 4.74 Å². The fourth-order valence-corrected chi connectivity index (χ4v) is 3.09. The molecule has 22 heavy (non-hydrogen) atoms. The summed E-state index contributed by atoms with van der Waals surface area (Å²) >= 11 is 0. The Morgan fingerprint density at radius 3 is 2.64 bits per heavy atom. The van der Waals surface area contributed by atoms with Gasteiger partial charge < -0.3 is 4.74 Å². The summed E-state index contributed by atoms with van der Waals surface area (Å²) in [6, 6.07) is 16.1. The van der Waals surface area contributed by atoms with Gasteiger partial charge in [0.2, 0.25) is 0 Å². The van der Waals surface area contributed by atoms with Crippen LogP contribution in [0, 0.1) is 0 Å². The fourth-order valence-electron chi connectivity index (χ4n) is 3.09. The van der Waals surface area contributed by atoms with Crippen molar-refractivity contribution in [3.8, 4) is 5.75 Å². The van der Waals surface area contributed by atoms with Crippen LogP contribution in [0.5, 0.6) is 5.75 Å². The van der Waals surface area contributed by atoms with Gasteiger partial charge in [-0.25, -0.2) is 0 Å². The molecule has 114 valence electrons. The summed E-state index contributed by atoms with van der Waals surface area (Å²) in [6.45, 7) is 4.38. The van der Waals surface area contributed by atoms with Crippen molar-refractivity contribution < 1.29 is 9.53 Å². The van der Waals surface area contributed by atoms with E-state index in [4.69, 9.17) is 4.74 Å². The third kappa shape index (κ3) is 2.92. The molecule has 0 saturated carbocycles. The number of ether oxygens (including phenoxy) is 1. The summed E-state index contributed by atoms with van der Waals surface area (Å²) in [5.41, 5.74) is 3.69. The Bertz CT molecular complexity index is 658. The van der Waals surface area contributed by atoms with Crippen LogP contribution in [0.3, 0.4) is 0 Å². The molecule has 3 rings (SSSR count). The van der Waals surface area contributed by atoms with Crippen LogP contribution in [0.4, 0.5) is 0 Å². The van der Waals surface area contributed by atoms with Gasteiger partial charge in [0, 0.05) is 0 Å². The van der Waals surface area contributed by atoms with Crippen LogP contribution in [0.2, 0.25) is 0 Å². The van der Waals surface area contributed by atoms with Crippen LogP contribution in [0.1, 0.15) is 55.2 Å². The number of benzene rings is 2. The van der Waals surface area contributed by atoms with Crippen molar-refractivity contribution in [3.05, 3.63) is 65.2 Å². The normalized spacial score (nSPS) is 17.8. The molecule has 1 aliphatic rings. The molecule has 0 spiro atoms. The smallest absolute Gasteiger partial charge is 0.318 e. The molecule has 2 nitrogen and oxygen atoms in total. The average molecular weight is 294 g/mol. The van der Waals surface area contributed by atoms with Gasteiger partial charge in [0.1, 0.15) is 5.75 Å². The minimum atomic E-state index is -0.138. The lowest BCUT2D eigenvalue weighted by molar-refractivity contribution is -0.136. The maximum Gasteiger partial charge on any atom is 0.318 e. The average Bonchev–Trinajstić information content (AvgIpc) is 2.99. The van der Waals surface area contributed by atoms with Crippen LogP contribution in [-0.2, 0) is 11.2 Å². The highest BCUT2D eigenvalue weighted by atomic mass is 16.5. The van der Waals surface area contributed by atoms with Gasteiger partial charge in [0.25, 0.3) is 0 Å². The number of carbonyl (C=O) groups is 1. The van der Waals surface area contributed by atoms with E-state index < -0.39 is 0 Å². The molecule has 0 fully saturated rings. The van der Waals surface area contributed by atoms with Gasteiger partial charge in [0.05, 0.1) is 5.92 Å². The summed E-state index contributed by atoms with van der Waals surface area (Å²) in [7, 11) is 0. The van der Waals surface area contributed by atoms with Crippen LogP contribution in [0.25, 0.3) is 0 Å². The molecule has 0 bridgehead atoms. The number of rotatable bonds is 4. The Hall–Kier alpha value is -2.09. The Morgan fingerprint density at radius 2 is 1.91 bits per heavy atom. The number of hydrogen-bond donors (Lipinski definition) is 0. The lowest BCUT2D eigenvalue weighted by Gasteiger charge is -2.13. The predicted octanol–water partition coefficient (Wildman–Crippen LogP) is 4.84. The first-order chi connectivity index (χ1) is 10.7. The molecule has 0 amide bonds. The molecule has 0 aliphatic heterocycles. The topological polar surface area (TPSA) is 26.3 Å². The van der Waals surface area contributed by atoms with Crippen molar-refractivity contribution in [3.63, 3.8) is 0 Å². The molecular formula is C20H22O2. The molecule has 2 heteroatoms. The maximum absolute atomic E-state index is 12.4. The summed E-state index contributed by atoms with van der Waals surface area (Å²) in [5, 5.41) is 0. The highest BCUT2D eigenvalue weighted by molar-refractivity contribution is 5.81. The minimum absolute atomic E-state index is 0.120. The van der Waals surface area contributed by atoms with Crippen molar-refractivity contribution in [1.29, 1.82) is 0 Å². The number of carbonyl (C=O) groups excluding carboxylic acids is 1. The Kier molecular flexibility index (Phi) is 4.28. The van der Waals surface area contributed by atoms with Gasteiger partial charge in [-0.3, -0.25) is 4.79 Å². The van der Waals surface area contributed by atoms with Crippen LogP contribution in [-0.4, -0.2) is 5.97 Å². The second kappa shape index (κ2) is 6.35. The highest BCUT2D eigenvalue weighted by Crippen LogP contribution is 2.34. The molecular weight excluding hydrogens is 272 g/mol. The molecule has 2 atom stereocenters. The zero-order chi connectivity index (χ0) is 15.5. The largest absolute Gasteiger partial charge is 0.426 e. The number of fused-ring (bicyclic) bond motifs is 1. The SMILES string of the molecule is CCC(C)c1ccc(OC(=O)C2CCc3ccccc32)cc1. The standard InChI is InChI=1S/C20H22O2/c1-3-14(2)15-8-11-17(12-9-15)22-20(21)19-13-10-16-6-4-5-7-18(16)19/h4-9,11-12,14,19H,3,10,13H2,1-2H3. The van der Waals surface area contributed by atoms with E-state index in [2.05, 4.69) is 32.0 Å². The van der Waals surface area contributed by atoms with E-state index in [1.807, 2.05) is 30.3 Å². The zero-order valence-electron chi connectivity index (χ0n) is 13.2. The summed E-state index contributed by atoms with van der Waals surface area (Å²) in [4.78, 5) is 12.4. The van der Waals surface area contributed by atoms with E-state index in [0.29, 0.717) is 11.7 Å². The van der Waals surface area contributed by atoms with E-state index in [-0.39, 0.29) is 11.9 Å². The fraction of sp³-hybridized carbons (Fsp3) is 0.350. The monoisotopic (exact) mass is 294 g/mol. The maximum atomic E-state index is 12.4. The highest BCUT2D eigenvalue weighted by Gasteiger charge is 2.29. The van der Waals surface area contributed by atoms with Crippen LogP contribution in [0.15, 0.2) is 48.5 Å². The van der Waals surface area contributed by atoms with Crippen molar-refractivity contribution >= 4 is 5.97 Å². The third-order valence-electron chi connectivity index (χ3n) is 4.70. The van der Waals surface area contributed by atoms with Gasteiger partial charge in [-0.1, -0.05) is 50.2 Å². The lowest BCUT2D eigenvalue weighted by Crippen LogP contribution is -2.16. The lowest BCUT2D eigenvalue weighted by atomic mass is 9.99. The van der Waals surface area contributed by atoms with E-state index in [1.54, 1.807) is 0 Å². The third-order valence-corrected chi connectivity index (χ3v) is 4.70. The molecule has 2 unspecified atom stereocenters. The molecule has 0 aromatic heterocycles. The van der Waals surface area contributed by atoms with Gasteiger partial charge in [-0.15, -0.1) is 0 Å². The van der Waals surface area contributed by atoms with Crippen molar-refractivity contribution in [2.24, 2.45) is 0 Å². The minimum Gasteiger partial charge on any atom is -0.426 e. The predicted molar refractivity (Wildman–Crippen MR) is 88.3 cm³/mol. The van der Waals surface area contributed by atoms with Gasteiger partial charge in [0.15, 0.2) is 0 Å². The molecule has 0 N–H and O–H groups in total. The first-order valence-electron chi connectivity index (χ1n) is 8.08. The molecule has 2 aromatic rings. The molecule has 0 radical (unpaired) electrons. The Morgan fingerprint density at radius 1 is 1.18 bits per heavy atom. The number of hydrogen-bond acceptors (Lipinski definition) is 2. The molecule has 1 aliphatic carbocycles. The van der Waals surface area contributed by atoms with E-state index >= 15 is 0 Å². The van der Waals surface area contributed by atoms with Crippen molar-refractivity contribution in [2.75, 3.05) is 0 Å². The van der Waals surface area contributed by atoms with E-state index in [1.165, 1.54) is 11.1 Å². The summed E-state index contributed by atoms with van der Waals surface area (Å²) in [6.07, 6.45) is 2.92. The number of esters is 1. The molecule has 2 aromatic carbocycles. The van der Waals surface area contributed by atoms with Crippen molar-refractivity contribution in [2.45, 2.75) is 44.9 Å². The second-order valence-corrected chi connectivity index (χ2v) is 6.09. The van der Waals surface area contributed by atoms with E-state index in [9.17, 15) is 4.79 Å². The number of aryl methyl sites for hydroxylation is 1. The molecule has 0 saturated heterocycles. The first-order valence-corrected chi connectivity index (χ1v) is 8.08. The van der Waals surface area contributed by atoms with Gasteiger partial charge in [-0.2, -0.15) is 0 Å². The zero-order valence-corrected chi connectivity index (χ0v) is 13.2. The Balaban J connectivity index is 1.70. The second-order valence-electron chi connectivity index (χ2n) is 6.09. The summed E-state index contributed by atoms with van der Waals surface area (Å²) in [5.74, 6) is 0.916. The summed E-state index contributed by atoms with van der Waals surface area (Å²) < 4.78 is 5.58. The van der Waals surface area contributed by atoms with Crippen molar-refractivity contribution in [1.82, 2.24) is 0 Å². The quantitative estimate of drug-likeness (QED) is 0.596. The first kappa shape index (κ1) is 14.8. The molecule has 0 heterocycles. The van der Waals surface area contributed by atoms with Crippen LogP contribution >= 0.6 is 0 Å². The van der Waals surface area contributed by atoms with Gasteiger partial charge in [-0.05, 0) is 54.0 Å². The van der Waals surface area contributed by atoms with Gasteiger partial charge >= 0.3 is 5.97 Å².